The summed E-state index contributed by atoms with van der Waals surface area (Å²) in [5, 5.41) is 0.842. The van der Waals surface area contributed by atoms with E-state index < -0.39 is 0 Å². The van der Waals surface area contributed by atoms with E-state index in [-0.39, 0.29) is 6.04 Å². The van der Waals surface area contributed by atoms with Crippen molar-refractivity contribution in [2.24, 2.45) is 0 Å². The quantitative estimate of drug-likeness (QED) is 0.793. The first-order valence-corrected chi connectivity index (χ1v) is 7.25. The van der Waals surface area contributed by atoms with Crippen LogP contribution in [0.3, 0.4) is 0 Å². The fraction of sp³-hybridized carbons (Fsp3) is 0.667. The van der Waals surface area contributed by atoms with E-state index >= 15 is 0 Å². The lowest BCUT2D eigenvalue weighted by atomic mass is 10.3. The summed E-state index contributed by atoms with van der Waals surface area (Å²) in [6, 6.07) is 2.13. The average molecular weight is 316 g/mol. The number of rotatable bonds is 4. The Morgan fingerprint density at radius 3 is 3.11 bits per heavy atom. The van der Waals surface area contributed by atoms with Gasteiger partial charge in [0.15, 0.2) is 0 Å². The minimum absolute atomic E-state index is 0.273. The number of ether oxygens (including phenoxy) is 2. The molecule has 5 nitrogen and oxygen atoms in total. The van der Waals surface area contributed by atoms with Crippen LogP contribution < -0.4 is 9.64 Å². The highest BCUT2D eigenvalue weighted by Crippen LogP contribution is 2.20. The average Bonchev–Trinajstić information content (AvgIpc) is 2.38. The van der Waals surface area contributed by atoms with Gasteiger partial charge in [0.25, 0.3) is 0 Å². The van der Waals surface area contributed by atoms with Crippen molar-refractivity contribution in [1.82, 2.24) is 9.97 Å². The van der Waals surface area contributed by atoms with Crippen LogP contribution in [0.1, 0.15) is 12.6 Å². The van der Waals surface area contributed by atoms with Gasteiger partial charge in [-0.3, -0.25) is 0 Å². The lowest BCUT2D eigenvalue weighted by Crippen LogP contribution is -2.47. The standard InChI is InChI=1S/C12H18BrN3O2/c1-3-18-11-6-9(2)14-12(15-11)16-4-5-17-8-10(16)7-13/h6,10H,3-5,7-8H2,1-2H3. The molecular formula is C12H18BrN3O2. The minimum Gasteiger partial charge on any atom is -0.478 e. The van der Waals surface area contributed by atoms with Crippen molar-refractivity contribution in [1.29, 1.82) is 0 Å². The van der Waals surface area contributed by atoms with Crippen LogP contribution in [0, 0.1) is 6.92 Å². The number of hydrogen-bond donors (Lipinski definition) is 0. The van der Waals surface area contributed by atoms with Crippen molar-refractivity contribution in [3.05, 3.63) is 11.8 Å². The zero-order valence-electron chi connectivity index (χ0n) is 10.7. The van der Waals surface area contributed by atoms with Gasteiger partial charge in [-0.15, -0.1) is 0 Å². The maximum Gasteiger partial charge on any atom is 0.229 e. The predicted octanol–water partition coefficient (Wildman–Crippen LogP) is 1.78. The molecule has 1 aliphatic rings. The summed E-state index contributed by atoms with van der Waals surface area (Å²) in [6.07, 6.45) is 0. The third-order valence-corrected chi connectivity index (χ3v) is 3.52. The van der Waals surface area contributed by atoms with E-state index in [2.05, 4.69) is 30.8 Å². The number of anilines is 1. The summed E-state index contributed by atoms with van der Waals surface area (Å²) in [5.41, 5.74) is 0.920. The van der Waals surface area contributed by atoms with E-state index in [0.29, 0.717) is 25.7 Å². The molecule has 2 rings (SSSR count). The van der Waals surface area contributed by atoms with Crippen LogP contribution in [-0.2, 0) is 4.74 Å². The van der Waals surface area contributed by atoms with Gasteiger partial charge in [-0.2, -0.15) is 4.98 Å². The molecule has 0 saturated carbocycles. The van der Waals surface area contributed by atoms with Crippen LogP contribution in [0.4, 0.5) is 5.95 Å². The molecule has 1 aromatic rings. The number of aromatic nitrogens is 2. The van der Waals surface area contributed by atoms with Crippen LogP contribution in [0.25, 0.3) is 0 Å². The molecule has 2 heterocycles. The summed E-state index contributed by atoms with van der Waals surface area (Å²) in [6.45, 7) is 6.74. The maximum absolute atomic E-state index is 5.47. The van der Waals surface area contributed by atoms with Crippen LogP contribution in [0.15, 0.2) is 6.07 Å². The van der Waals surface area contributed by atoms with Crippen molar-refractivity contribution in [2.75, 3.05) is 36.6 Å². The first-order chi connectivity index (χ1) is 8.74. The molecule has 1 saturated heterocycles. The van der Waals surface area contributed by atoms with Gasteiger partial charge in [0.1, 0.15) is 0 Å². The fourth-order valence-electron chi connectivity index (χ4n) is 1.92. The third-order valence-electron chi connectivity index (χ3n) is 2.77. The van der Waals surface area contributed by atoms with Crippen LogP contribution in [0.5, 0.6) is 5.88 Å². The number of hydrogen-bond acceptors (Lipinski definition) is 5. The molecule has 0 aromatic carbocycles. The van der Waals surface area contributed by atoms with E-state index in [1.807, 2.05) is 19.9 Å². The molecule has 18 heavy (non-hydrogen) atoms. The SMILES string of the molecule is CCOc1cc(C)nc(N2CCOCC2CBr)n1. The Kier molecular flexibility index (Phi) is 4.77. The van der Waals surface area contributed by atoms with Gasteiger partial charge < -0.3 is 14.4 Å². The van der Waals surface area contributed by atoms with Crippen molar-refractivity contribution in [3.8, 4) is 5.88 Å². The summed E-state index contributed by atoms with van der Waals surface area (Å²) in [4.78, 5) is 11.1. The largest absolute Gasteiger partial charge is 0.478 e. The molecule has 0 amide bonds. The van der Waals surface area contributed by atoms with Crippen molar-refractivity contribution in [2.45, 2.75) is 19.9 Å². The highest BCUT2D eigenvalue weighted by Gasteiger charge is 2.24. The lowest BCUT2D eigenvalue weighted by Gasteiger charge is -2.34. The maximum atomic E-state index is 5.47. The monoisotopic (exact) mass is 315 g/mol. The van der Waals surface area contributed by atoms with Gasteiger partial charge in [-0.1, -0.05) is 15.9 Å². The Hall–Kier alpha value is -0.880. The normalized spacial score (nSPS) is 19.9. The zero-order valence-corrected chi connectivity index (χ0v) is 12.3. The second kappa shape index (κ2) is 6.33. The Balaban J connectivity index is 2.24. The molecule has 1 atom stereocenters. The molecule has 1 unspecified atom stereocenters. The van der Waals surface area contributed by atoms with Crippen LogP contribution in [0.2, 0.25) is 0 Å². The first-order valence-electron chi connectivity index (χ1n) is 6.13. The summed E-state index contributed by atoms with van der Waals surface area (Å²) in [7, 11) is 0. The molecular weight excluding hydrogens is 298 g/mol. The van der Waals surface area contributed by atoms with Crippen LogP contribution >= 0.6 is 15.9 Å². The summed E-state index contributed by atoms with van der Waals surface area (Å²) in [5.74, 6) is 1.37. The Morgan fingerprint density at radius 1 is 1.56 bits per heavy atom. The topological polar surface area (TPSA) is 47.5 Å². The number of nitrogens with zero attached hydrogens (tertiary/aromatic N) is 3. The van der Waals surface area contributed by atoms with E-state index in [1.165, 1.54) is 0 Å². The molecule has 0 aliphatic carbocycles. The van der Waals surface area contributed by atoms with E-state index in [4.69, 9.17) is 9.47 Å². The molecule has 0 N–H and O–H groups in total. The van der Waals surface area contributed by atoms with Crippen LogP contribution in [-0.4, -0.2) is 47.7 Å². The molecule has 0 radical (unpaired) electrons. The molecule has 0 spiro atoms. The molecule has 1 fully saturated rings. The molecule has 100 valence electrons. The number of alkyl halides is 1. The van der Waals surface area contributed by atoms with Gasteiger partial charge in [0.05, 0.1) is 25.9 Å². The van der Waals surface area contributed by atoms with Crippen molar-refractivity contribution in [3.63, 3.8) is 0 Å². The van der Waals surface area contributed by atoms with Crippen molar-refractivity contribution < 1.29 is 9.47 Å². The first kappa shape index (κ1) is 13.5. The number of aryl methyl sites for hydroxylation is 1. The predicted molar refractivity (Wildman–Crippen MR) is 73.7 cm³/mol. The summed E-state index contributed by atoms with van der Waals surface area (Å²) < 4.78 is 10.9. The van der Waals surface area contributed by atoms with Crippen molar-refractivity contribution >= 4 is 21.9 Å². The smallest absolute Gasteiger partial charge is 0.229 e. The lowest BCUT2D eigenvalue weighted by molar-refractivity contribution is 0.0994. The zero-order chi connectivity index (χ0) is 13.0. The second-order valence-electron chi connectivity index (χ2n) is 4.16. The van der Waals surface area contributed by atoms with Gasteiger partial charge in [-0.25, -0.2) is 4.98 Å². The molecule has 1 aromatic heterocycles. The third kappa shape index (κ3) is 3.11. The van der Waals surface area contributed by atoms with Gasteiger partial charge in [0.2, 0.25) is 11.8 Å². The minimum atomic E-state index is 0.273. The Morgan fingerprint density at radius 2 is 2.39 bits per heavy atom. The van der Waals surface area contributed by atoms with Gasteiger partial charge >= 0.3 is 0 Å². The van der Waals surface area contributed by atoms with Gasteiger partial charge in [-0.05, 0) is 13.8 Å². The highest BCUT2D eigenvalue weighted by atomic mass is 79.9. The number of halogens is 1. The summed E-state index contributed by atoms with van der Waals surface area (Å²) >= 11 is 3.51. The Bertz CT molecular complexity index is 403. The second-order valence-corrected chi connectivity index (χ2v) is 4.80. The van der Waals surface area contributed by atoms with E-state index in [9.17, 15) is 0 Å². The number of morpholine rings is 1. The highest BCUT2D eigenvalue weighted by molar-refractivity contribution is 9.09. The van der Waals surface area contributed by atoms with E-state index in [1.54, 1.807) is 0 Å². The molecule has 6 heteroatoms. The Labute approximate surface area is 116 Å². The molecule has 1 aliphatic heterocycles. The van der Waals surface area contributed by atoms with E-state index in [0.717, 1.165) is 23.5 Å². The fourth-order valence-corrected chi connectivity index (χ4v) is 2.46. The molecule has 0 bridgehead atoms. The van der Waals surface area contributed by atoms with Gasteiger partial charge in [0, 0.05) is 23.6 Å².